The van der Waals surface area contributed by atoms with E-state index in [1.54, 1.807) is 0 Å². The predicted octanol–water partition coefficient (Wildman–Crippen LogP) is 2.84. The van der Waals surface area contributed by atoms with E-state index in [9.17, 15) is 9.59 Å². The summed E-state index contributed by atoms with van der Waals surface area (Å²) in [6.07, 6.45) is 5.45. The molecule has 0 spiro atoms. The van der Waals surface area contributed by atoms with Crippen LogP contribution in [0.25, 0.3) is 0 Å². The Labute approximate surface area is 143 Å². The van der Waals surface area contributed by atoms with Gasteiger partial charge in [0.15, 0.2) is 0 Å². The Balaban J connectivity index is 1.53. The number of carbonyl (C=O) groups excluding carboxylic acids is 2. The lowest BCUT2D eigenvalue weighted by molar-refractivity contribution is -0.118. The molecule has 3 rings (SSSR count). The highest BCUT2D eigenvalue weighted by molar-refractivity contribution is 5.96. The number of rotatable bonds is 3. The maximum absolute atomic E-state index is 12.3. The molecule has 1 heterocycles. The molecule has 0 radical (unpaired) electrons. The van der Waals surface area contributed by atoms with Gasteiger partial charge in [-0.1, -0.05) is 38.0 Å². The third kappa shape index (κ3) is 3.71. The number of fused-ring (bicyclic) bond motifs is 1. The van der Waals surface area contributed by atoms with Crippen molar-refractivity contribution < 1.29 is 9.59 Å². The molecule has 1 aromatic rings. The number of benzene rings is 1. The SMILES string of the molecule is CC1CCCCC1NC(=O)NC(=O)CN1c2ccccc2CC1C. The van der Waals surface area contributed by atoms with E-state index in [-0.39, 0.29) is 30.6 Å². The highest BCUT2D eigenvalue weighted by atomic mass is 16.2. The molecule has 1 saturated carbocycles. The second-order valence-electron chi connectivity index (χ2n) is 7.20. The molecule has 1 fully saturated rings. The number of nitrogens with zero attached hydrogens (tertiary/aromatic N) is 1. The lowest BCUT2D eigenvalue weighted by Gasteiger charge is -2.29. The number of imide groups is 1. The van der Waals surface area contributed by atoms with Gasteiger partial charge in [-0.2, -0.15) is 0 Å². The Kier molecular flexibility index (Phi) is 5.07. The minimum Gasteiger partial charge on any atom is -0.359 e. The van der Waals surface area contributed by atoms with Crippen LogP contribution in [0, 0.1) is 5.92 Å². The number of hydrogen-bond donors (Lipinski definition) is 2. The van der Waals surface area contributed by atoms with E-state index >= 15 is 0 Å². The first-order chi connectivity index (χ1) is 11.5. The average molecular weight is 329 g/mol. The maximum atomic E-state index is 12.3. The van der Waals surface area contributed by atoms with Crippen molar-refractivity contribution in [3.05, 3.63) is 29.8 Å². The zero-order valence-corrected chi connectivity index (χ0v) is 14.5. The van der Waals surface area contributed by atoms with E-state index in [1.807, 2.05) is 18.2 Å². The number of amides is 3. The van der Waals surface area contributed by atoms with Crippen LogP contribution in [-0.2, 0) is 11.2 Å². The van der Waals surface area contributed by atoms with Gasteiger partial charge >= 0.3 is 6.03 Å². The number of anilines is 1. The van der Waals surface area contributed by atoms with Crippen molar-refractivity contribution in [3.8, 4) is 0 Å². The van der Waals surface area contributed by atoms with Crippen LogP contribution in [0.3, 0.4) is 0 Å². The third-order valence-corrected chi connectivity index (χ3v) is 5.34. The number of hydrogen-bond acceptors (Lipinski definition) is 3. The predicted molar refractivity (Wildman–Crippen MR) is 95.0 cm³/mol. The zero-order valence-electron chi connectivity index (χ0n) is 14.5. The van der Waals surface area contributed by atoms with Crippen LogP contribution in [0.4, 0.5) is 10.5 Å². The molecule has 0 bridgehead atoms. The molecule has 1 aliphatic carbocycles. The molecule has 24 heavy (non-hydrogen) atoms. The third-order valence-electron chi connectivity index (χ3n) is 5.34. The molecular weight excluding hydrogens is 302 g/mol. The highest BCUT2D eigenvalue weighted by Crippen LogP contribution is 2.31. The quantitative estimate of drug-likeness (QED) is 0.896. The van der Waals surface area contributed by atoms with Gasteiger partial charge in [0.05, 0.1) is 6.54 Å². The van der Waals surface area contributed by atoms with Crippen LogP contribution >= 0.6 is 0 Å². The summed E-state index contributed by atoms with van der Waals surface area (Å²) in [6.45, 7) is 4.48. The molecule has 5 heteroatoms. The van der Waals surface area contributed by atoms with Crippen LogP contribution in [0.5, 0.6) is 0 Å². The van der Waals surface area contributed by atoms with E-state index < -0.39 is 0 Å². The van der Waals surface area contributed by atoms with Crippen molar-refractivity contribution in [1.29, 1.82) is 0 Å². The summed E-state index contributed by atoms with van der Waals surface area (Å²) in [7, 11) is 0. The van der Waals surface area contributed by atoms with Crippen molar-refractivity contribution in [2.24, 2.45) is 5.92 Å². The lowest BCUT2D eigenvalue weighted by atomic mass is 9.86. The molecule has 130 valence electrons. The molecule has 1 aromatic carbocycles. The van der Waals surface area contributed by atoms with E-state index in [1.165, 1.54) is 12.0 Å². The molecule has 3 atom stereocenters. The van der Waals surface area contributed by atoms with Crippen LogP contribution in [0.1, 0.15) is 45.1 Å². The first kappa shape index (κ1) is 16.8. The summed E-state index contributed by atoms with van der Waals surface area (Å²) in [5.41, 5.74) is 2.36. The fourth-order valence-corrected chi connectivity index (χ4v) is 3.93. The number of urea groups is 1. The fourth-order valence-electron chi connectivity index (χ4n) is 3.93. The van der Waals surface area contributed by atoms with E-state index in [4.69, 9.17) is 0 Å². The Morgan fingerprint density at radius 1 is 1.17 bits per heavy atom. The van der Waals surface area contributed by atoms with Gasteiger partial charge in [0, 0.05) is 17.8 Å². The largest absolute Gasteiger partial charge is 0.359 e. The maximum Gasteiger partial charge on any atom is 0.321 e. The smallest absolute Gasteiger partial charge is 0.321 e. The van der Waals surface area contributed by atoms with Gasteiger partial charge in [-0.3, -0.25) is 10.1 Å². The van der Waals surface area contributed by atoms with E-state index in [0.29, 0.717) is 5.92 Å². The highest BCUT2D eigenvalue weighted by Gasteiger charge is 2.28. The summed E-state index contributed by atoms with van der Waals surface area (Å²) in [5, 5.41) is 5.46. The fraction of sp³-hybridized carbons (Fsp3) is 0.579. The van der Waals surface area contributed by atoms with Crippen LogP contribution in [0.15, 0.2) is 24.3 Å². The second-order valence-corrected chi connectivity index (χ2v) is 7.20. The standard InChI is InChI=1S/C19H27N3O2/c1-13-7-3-5-9-16(13)20-19(24)21-18(23)12-22-14(2)11-15-8-4-6-10-17(15)22/h4,6,8,10,13-14,16H,3,5,7,9,11-12H2,1-2H3,(H2,20,21,23,24). The van der Waals surface area contributed by atoms with Crippen molar-refractivity contribution in [1.82, 2.24) is 10.6 Å². The first-order valence-corrected chi connectivity index (χ1v) is 8.99. The van der Waals surface area contributed by atoms with Gasteiger partial charge in [-0.15, -0.1) is 0 Å². The summed E-state index contributed by atoms with van der Waals surface area (Å²) >= 11 is 0. The zero-order chi connectivity index (χ0) is 17.1. The molecule has 3 unspecified atom stereocenters. The van der Waals surface area contributed by atoms with Crippen LogP contribution in [-0.4, -0.2) is 30.6 Å². The average Bonchev–Trinajstić information content (AvgIpc) is 2.85. The summed E-state index contributed by atoms with van der Waals surface area (Å²) < 4.78 is 0. The van der Waals surface area contributed by atoms with Gasteiger partial charge < -0.3 is 10.2 Å². The number of nitrogens with one attached hydrogen (secondary N) is 2. The minimum atomic E-state index is -0.362. The topological polar surface area (TPSA) is 61.4 Å². The molecule has 3 amide bonds. The van der Waals surface area contributed by atoms with Gasteiger partial charge in [-0.25, -0.2) is 4.79 Å². The van der Waals surface area contributed by atoms with Crippen molar-refractivity contribution in [2.45, 2.75) is 58.0 Å². The van der Waals surface area contributed by atoms with Gasteiger partial charge in [0.2, 0.25) is 5.91 Å². The van der Waals surface area contributed by atoms with Crippen molar-refractivity contribution in [2.75, 3.05) is 11.4 Å². The molecular formula is C19H27N3O2. The molecule has 5 nitrogen and oxygen atoms in total. The van der Waals surface area contributed by atoms with Gasteiger partial charge in [0.1, 0.15) is 0 Å². The monoisotopic (exact) mass is 329 g/mol. The van der Waals surface area contributed by atoms with Crippen LogP contribution in [0.2, 0.25) is 0 Å². The Bertz CT molecular complexity index is 616. The molecule has 0 aromatic heterocycles. The Morgan fingerprint density at radius 2 is 1.92 bits per heavy atom. The normalized spacial score (nSPS) is 25.9. The van der Waals surface area contributed by atoms with Gasteiger partial charge in [-0.05, 0) is 43.7 Å². The first-order valence-electron chi connectivity index (χ1n) is 8.99. The summed E-state index contributed by atoms with van der Waals surface area (Å²) in [4.78, 5) is 26.5. The second kappa shape index (κ2) is 7.24. The van der Waals surface area contributed by atoms with E-state index in [2.05, 4.69) is 35.4 Å². The van der Waals surface area contributed by atoms with Gasteiger partial charge in [0.25, 0.3) is 0 Å². The Hall–Kier alpha value is -2.04. The number of carbonyl (C=O) groups is 2. The number of para-hydroxylation sites is 1. The summed E-state index contributed by atoms with van der Waals surface area (Å²) in [5.74, 6) is 0.226. The molecule has 2 N–H and O–H groups in total. The molecule has 1 aliphatic heterocycles. The van der Waals surface area contributed by atoms with Crippen molar-refractivity contribution >= 4 is 17.6 Å². The lowest BCUT2D eigenvalue weighted by Crippen LogP contribution is -2.50. The van der Waals surface area contributed by atoms with Crippen LogP contribution < -0.4 is 15.5 Å². The summed E-state index contributed by atoms with van der Waals surface area (Å²) in [6, 6.07) is 8.23. The van der Waals surface area contributed by atoms with E-state index in [0.717, 1.165) is 31.4 Å². The molecule has 0 saturated heterocycles. The van der Waals surface area contributed by atoms with Crippen molar-refractivity contribution in [3.63, 3.8) is 0 Å². The Morgan fingerprint density at radius 3 is 2.71 bits per heavy atom. The molecule has 2 aliphatic rings. The minimum absolute atomic E-state index is 0.179.